The molecule has 6 fully saturated rings. The highest BCUT2D eigenvalue weighted by molar-refractivity contribution is 7.99. The molecule has 35 heavy (non-hydrogen) atoms. The Morgan fingerprint density at radius 1 is 1.17 bits per heavy atom. The zero-order chi connectivity index (χ0) is 24.5. The number of thioether (sulfide) groups is 1. The van der Waals surface area contributed by atoms with E-state index < -0.39 is 11.6 Å². The first-order valence-corrected chi connectivity index (χ1v) is 14.3. The predicted octanol–water partition coefficient (Wildman–Crippen LogP) is 3.66. The number of rotatable bonds is 8. The Labute approximate surface area is 211 Å². The van der Waals surface area contributed by atoms with Crippen LogP contribution < -0.4 is 10.2 Å². The first kappa shape index (κ1) is 23.6. The summed E-state index contributed by atoms with van der Waals surface area (Å²) in [6.45, 7) is 5.86. The summed E-state index contributed by atoms with van der Waals surface area (Å²) in [6, 6.07) is 3.99. The highest BCUT2D eigenvalue weighted by Crippen LogP contribution is 2.56. The number of hydrogen-bond acceptors (Lipinski definition) is 6. The van der Waals surface area contributed by atoms with Crippen molar-refractivity contribution in [1.29, 1.82) is 0 Å². The average molecular weight is 500 g/mol. The number of pyridine rings is 1. The maximum Gasteiger partial charge on any atom is 0.307 e. The maximum absolute atomic E-state index is 13.5. The SMILES string of the molecule is CC(C)CCSc1nc(N2CC3C(C2)C3C(=O)O)ccc1C(=O)NC1C2CC3CC1CC(O)(C3)C2. The number of aliphatic hydroxyl groups is 1. The molecule has 2 heterocycles. The lowest BCUT2D eigenvalue weighted by Gasteiger charge is -2.58. The van der Waals surface area contributed by atoms with Crippen LogP contribution in [0, 0.1) is 41.4 Å². The molecule has 1 aromatic heterocycles. The van der Waals surface area contributed by atoms with Gasteiger partial charge in [0.25, 0.3) is 5.91 Å². The summed E-state index contributed by atoms with van der Waals surface area (Å²) in [5, 5.41) is 24.4. The Balaban J connectivity index is 1.18. The number of nitrogens with one attached hydrogen (secondary N) is 1. The van der Waals surface area contributed by atoms with Crippen LogP contribution >= 0.6 is 11.8 Å². The van der Waals surface area contributed by atoms with Crippen LogP contribution in [0.25, 0.3) is 0 Å². The Hall–Kier alpha value is -1.80. The van der Waals surface area contributed by atoms with Gasteiger partial charge in [-0.1, -0.05) is 13.8 Å². The molecule has 0 aromatic carbocycles. The van der Waals surface area contributed by atoms with E-state index in [1.54, 1.807) is 11.8 Å². The van der Waals surface area contributed by atoms with Gasteiger partial charge in [-0.15, -0.1) is 11.8 Å². The number of amides is 1. The van der Waals surface area contributed by atoms with Crippen molar-refractivity contribution in [3.05, 3.63) is 17.7 Å². The summed E-state index contributed by atoms with van der Waals surface area (Å²) in [7, 11) is 0. The van der Waals surface area contributed by atoms with E-state index in [1.165, 1.54) is 0 Å². The molecule has 1 saturated heterocycles. The number of carbonyl (C=O) groups is 2. The first-order valence-electron chi connectivity index (χ1n) is 13.4. The van der Waals surface area contributed by atoms with E-state index in [2.05, 4.69) is 24.1 Å². The monoisotopic (exact) mass is 499 g/mol. The van der Waals surface area contributed by atoms with Crippen LogP contribution in [0.1, 0.15) is 62.7 Å². The molecule has 5 saturated carbocycles. The summed E-state index contributed by atoms with van der Waals surface area (Å²) in [6.07, 6.45) is 5.85. The van der Waals surface area contributed by atoms with Gasteiger partial charge in [0.15, 0.2) is 0 Å². The molecule has 1 aliphatic heterocycles. The predicted molar refractivity (Wildman–Crippen MR) is 134 cm³/mol. The second-order valence-corrected chi connectivity index (χ2v) is 13.4. The van der Waals surface area contributed by atoms with Crippen LogP contribution in [-0.4, -0.2) is 57.6 Å². The third-order valence-corrected chi connectivity index (χ3v) is 10.4. The number of hydrogen-bond donors (Lipinski definition) is 3. The van der Waals surface area contributed by atoms with Gasteiger partial charge in [-0.3, -0.25) is 9.59 Å². The normalized spacial score (nSPS) is 38.6. The number of piperidine rings is 1. The topological polar surface area (TPSA) is 103 Å². The summed E-state index contributed by atoms with van der Waals surface area (Å²) < 4.78 is 0. The fraction of sp³-hybridized carbons (Fsp3) is 0.741. The van der Waals surface area contributed by atoms with Gasteiger partial charge < -0.3 is 20.4 Å². The van der Waals surface area contributed by atoms with E-state index in [0.29, 0.717) is 29.2 Å². The van der Waals surface area contributed by atoms with Gasteiger partial charge in [0.2, 0.25) is 0 Å². The van der Waals surface area contributed by atoms with Crippen molar-refractivity contribution < 1.29 is 19.8 Å². The van der Waals surface area contributed by atoms with E-state index in [0.717, 1.165) is 68.2 Å². The smallest absolute Gasteiger partial charge is 0.307 e. The highest BCUT2D eigenvalue weighted by atomic mass is 32.2. The van der Waals surface area contributed by atoms with Crippen LogP contribution in [0.4, 0.5) is 5.82 Å². The van der Waals surface area contributed by atoms with E-state index in [9.17, 15) is 19.8 Å². The number of carbonyl (C=O) groups excluding carboxylic acids is 1. The summed E-state index contributed by atoms with van der Waals surface area (Å²) in [5.74, 6) is 3.22. The number of aliphatic carboxylic acids is 1. The van der Waals surface area contributed by atoms with Gasteiger partial charge in [0.1, 0.15) is 10.8 Å². The number of anilines is 1. The van der Waals surface area contributed by atoms with Crippen molar-refractivity contribution in [1.82, 2.24) is 10.3 Å². The van der Waals surface area contributed by atoms with Crippen LogP contribution in [-0.2, 0) is 4.79 Å². The molecule has 1 aromatic rings. The van der Waals surface area contributed by atoms with Crippen molar-refractivity contribution in [2.75, 3.05) is 23.7 Å². The third kappa shape index (κ3) is 4.35. The van der Waals surface area contributed by atoms with Crippen LogP contribution in [0.5, 0.6) is 0 Å². The van der Waals surface area contributed by atoms with Gasteiger partial charge in [-0.2, -0.15) is 0 Å². The zero-order valence-corrected chi connectivity index (χ0v) is 21.5. The molecule has 6 aliphatic rings. The first-order chi connectivity index (χ1) is 16.7. The van der Waals surface area contributed by atoms with Crippen molar-refractivity contribution >= 4 is 29.5 Å². The minimum absolute atomic E-state index is 0.0456. The molecule has 190 valence electrons. The van der Waals surface area contributed by atoms with E-state index in [-0.39, 0.29) is 29.7 Å². The minimum Gasteiger partial charge on any atom is -0.481 e. The van der Waals surface area contributed by atoms with Gasteiger partial charge in [0, 0.05) is 19.1 Å². The molecule has 1 amide bonds. The van der Waals surface area contributed by atoms with Crippen molar-refractivity contribution in [2.24, 2.45) is 41.4 Å². The van der Waals surface area contributed by atoms with Crippen molar-refractivity contribution in [3.63, 3.8) is 0 Å². The van der Waals surface area contributed by atoms with Gasteiger partial charge in [-0.25, -0.2) is 4.98 Å². The molecule has 4 atom stereocenters. The standard InChI is InChI=1S/C27H37N3O4S/c1-14(2)5-6-35-25-18(3-4-21(28-25)30-12-19-20(13-30)22(19)26(32)33)24(31)29-23-16-7-15-8-17(23)11-27(34,9-15)10-16/h3-4,14-17,19-20,22-23,34H,5-13H2,1-2H3,(H,29,31)(H,32,33). The molecule has 7 nitrogen and oxygen atoms in total. The number of aromatic nitrogens is 1. The minimum atomic E-state index is -0.679. The van der Waals surface area contributed by atoms with Gasteiger partial charge >= 0.3 is 5.97 Å². The summed E-state index contributed by atoms with van der Waals surface area (Å²) in [4.78, 5) is 32.0. The molecule has 0 spiro atoms. The Morgan fingerprint density at radius 2 is 1.86 bits per heavy atom. The van der Waals surface area contributed by atoms with E-state index in [4.69, 9.17) is 4.98 Å². The lowest BCUT2D eigenvalue weighted by atomic mass is 9.52. The molecular formula is C27H37N3O4S. The van der Waals surface area contributed by atoms with Gasteiger partial charge in [0.05, 0.1) is 17.1 Å². The quantitative estimate of drug-likeness (QED) is 0.469. The van der Waals surface area contributed by atoms with Crippen LogP contribution in [0.2, 0.25) is 0 Å². The van der Waals surface area contributed by atoms with Crippen LogP contribution in [0.3, 0.4) is 0 Å². The molecule has 4 unspecified atom stereocenters. The van der Waals surface area contributed by atoms with Crippen molar-refractivity contribution in [3.8, 4) is 0 Å². The lowest BCUT2D eigenvalue weighted by Crippen LogP contribution is -2.61. The second kappa shape index (κ2) is 8.65. The molecule has 5 aliphatic carbocycles. The Morgan fingerprint density at radius 3 is 2.46 bits per heavy atom. The fourth-order valence-corrected chi connectivity index (χ4v) is 9.06. The van der Waals surface area contributed by atoms with Crippen LogP contribution in [0.15, 0.2) is 17.2 Å². The zero-order valence-electron chi connectivity index (χ0n) is 20.7. The number of nitrogens with zero attached hydrogens (tertiary/aromatic N) is 2. The summed E-state index contributed by atoms with van der Waals surface area (Å²) >= 11 is 1.65. The largest absolute Gasteiger partial charge is 0.481 e. The van der Waals surface area contributed by atoms with Gasteiger partial charge in [-0.05, 0) is 91.9 Å². The lowest BCUT2D eigenvalue weighted by molar-refractivity contribution is -0.139. The molecular weight excluding hydrogens is 462 g/mol. The molecule has 8 heteroatoms. The molecule has 7 rings (SSSR count). The molecule has 3 N–H and O–H groups in total. The maximum atomic E-state index is 13.5. The van der Waals surface area contributed by atoms with E-state index in [1.807, 2.05) is 12.1 Å². The van der Waals surface area contributed by atoms with E-state index >= 15 is 0 Å². The molecule has 0 radical (unpaired) electrons. The van der Waals surface area contributed by atoms with Crippen molar-refractivity contribution in [2.45, 2.75) is 69.0 Å². The number of fused-ring (bicyclic) bond motifs is 1. The second-order valence-electron chi connectivity index (χ2n) is 12.3. The Kier molecular flexibility index (Phi) is 5.83. The number of carboxylic acid groups (broad SMARTS) is 1. The fourth-order valence-electron chi connectivity index (χ4n) is 7.81. The highest BCUT2D eigenvalue weighted by Gasteiger charge is 2.60. The molecule has 4 bridgehead atoms. The third-order valence-electron chi connectivity index (χ3n) is 9.37. The average Bonchev–Trinajstić information content (AvgIpc) is 3.29. The number of carboxylic acids is 1. The Bertz CT molecular complexity index is 1000. The summed E-state index contributed by atoms with van der Waals surface area (Å²) in [5.41, 5.74) is 0.136.